The first-order valence-corrected chi connectivity index (χ1v) is 9.65. The molecule has 0 radical (unpaired) electrons. The third-order valence-corrected chi connectivity index (χ3v) is 5.05. The van der Waals surface area contributed by atoms with Gasteiger partial charge in [0.15, 0.2) is 0 Å². The molecule has 1 nitrogen and oxygen atoms in total. The van der Waals surface area contributed by atoms with Gasteiger partial charge in [-0.15, -0.1) is 11.3 Å². The van der Waals surface area contributed by atoms with E-state index < -0.39 is 0 Å². The third-order valence-electron chi connectivity index (χ3n) is 4.11. The topological polar surface area (TPSA) is 12.9 Å². The standard InChI is InChI=1S/C18H33NS/c1-3-5-7-9-11-13-17(18-19-15-16-20-18)14-12-10-8-6-4-2/h15-17H,3-14H2,1-2H3. The predicted molar refractivity (Wildman–Crippen MR) is 91.6 cm³/mol. The molecule has 0 aliphatic carbocycles. The molecule has 0 atom stereocenters. The summed E-state index contributed by atoms with van der Waals surface area (Å²) in [5, 5.41) is 3.52. The fraction of sp³-hybridized carbons (Fsp3) is 0.833. The fourth-order valence-corrected chi connectivity index (χ4v) is 3.63. The van der Waals surface area contributed by atoms with Gasteiger partial charge >= 0.3 is 0 Å². The molecule has 0 spiro atoms. The van der Waals surface area contributed by atoms with E-state index in [9.17, 15) is 0 Å². The van der Waals surface area contributed by atoms with E-state index in [-0.39, 0.29) is 0 Å². The molecule has 0 saturated carbocycles. The molecule has 116 valence electrons. The van der Waals surface area contributed by atoms with E-state index in [1.807, 2.05) is 17.5 Å². The number of rotatable bonds is 13. The molecule has 0 saturated heterocycles. The average molecular weight is 296 g/mol. The van der Waals surface area contributed by atoms with Gasteiger partial charge in [0.05, 0.1) is 5.01 Å². The number of hydrogen-bond acceptors (Lipinski definition) is 2. The van der Waals surface area contributed by atoms with Crippen LogP contribution in [0.4, 0.5) is 0 Å². The second-order valence-corrected chi connectivity index (χ2v) is 6.90. The molecule has 0 fully saturated rings. The molecular formula is C18H33NS. The highest BCUT2D eigenvalue weighted by atomic mass is 32.1. The van der Waals surface area contributed by atoms with Crippen molar-refractivity contribution in [3.8, 4) is 0 Å². The Morgan fingerprint density at radius 3 is 1.85 bits per heavy atom. The Balaban J connectivity index is 2.22. The van der Waals surface area contributed by atoms with Gasteiger partial charge in [-0.05, 0) is 12.8 Å². The van der Waals surface area contributed by atoms with Crippen molar-refractivity contribution < 1.29 is 0 Å². The Hall–Kier alpha value is -0.370. The number of aromatic nitrogens is 1. The maximum absolute atomic E-state index is 4.57. The van der Waals surface area contributed by atoms with Crippen molar-refractivity contribution in [2.24, 2.45) is 0 Å². The van der Waals surface area contributed by atoms with Crippen LogP contribution in [-0.4, -0.2) is 4.98 Å². The van der Waals surface area contributed by atoms with E-state index in [0.717, 1.165) is 5.92 Å². The molecular weight excluding hydrogens is 262 g/mol. The molecule has 0 aliphatic heterocycles. The first-order valence-electron chi connectivity index (χ1n) is 8.77. The van der Waals surface area contributed by atoms with Crippen LogP contribution in [0.5, 0.6) is 0 Å². The molecule has 2 heteroatoms. The first kappa shape index (κ1) is 17.7. The fourth-order valence-electron chi connectivity index (χ4n) is 2.82. The summed E-state index contributed by atoms with van der Waals surface area (Å²) in [6.45, 7) is 4.57. The van der Waals surface area contributed by atoms with Crippen LogP contribution in [0.15, 0.2) is 11.6 Å². The molecule has 1 rings (SSSR count). The molecule has 0 unspecified atom stereocenters. The third kappa shape index (κ3) is 8.04. The summed E-state index contributed by atoms with van der Waals surface area (Å²) < 4.78 is 0. The Bertz CT molecular complexity index is 280. The molecule has 1 aromatic heterocycles. The lowest BCUT2D eigenvalue weighted by Gasteiger charge is -2.14. The van der Waals surface area contributed by atoms with Crippen molar-refractivity contribution >= 4 is 11.3 Å². The van der Waals surface area contributed by atoms with Crippen LogP contribution in [0.3, 0.4) is 0 Å². The van der Waals surface area contributed by atoms with Gasteiger partial charge in [0.2, 0.25) is 0 Å². The van der Waals surface area contributed by atoms with Crippen molar-refractivity contribution in [2.75, 3.05) is 0 Å². The summed E-state index contributed by atoms with van der Waals surface area (Å²) in [6.07, 6.45) is 18.6. The highest BCUT2D eigenvalue weighted by Gasteiger charge is 2.13. The monoisotopic (exact) mass is 295 g/mol. The van der Waals surface area contributed by atoms with Crippen molar-refractivity contribution in [3.05, 3.63) is 16.6 Å². The molecule has 0 aliphatic rings. The lowest BCUT2D eigenvalue weighted by Crippen LogP contribution is -1.99. The van der Waals surface area contributed by atoms with E-state index in [4.69, 9.17) is 0 Å². The number of hydrogen-bond donors (Lipinski definition) is 0. The van der Waals surface area contributed by atoms with Gasteiger partial charge in [-0.3, -0.25) is 0 Å². The molecule has 0 N–H and O–H groups in total. The van der Waals surface area contributed by atoms with E-state index in [2.05, 4.69) is 24.2 Å². The van der Waals surface area contributed by atoms with Gasteiger partial charge in [-0.1, -0.05) is 78.1 Å². The molecule has 20 heavy (non-hydrogen) atoms. The van der Waals surface area contributed by atoms with Gasteiger partial charge in [-0.2, -0.15) is 0 Å². The molecule has 0 aromatic carbocycles. The zero-order valence-electron chi connectivity index (χ0n) is 13.6. The van der Waals surface area contributed by atoms with E-state index in [1.54, 1.807) is 0 Å². The normalized spacial score (nSPS) is 11.3. The minimum Gasteiger partial charge on any atom is -0.249 e. The van der Waals surface area contributed by atoms with Gasteiger partial charge in [0.1, 0.15) is 0 Å². The van der Waals surface area contributed by atoms with Crippen LogP contribution in [0, 0.1) is 0 Å². The highest BCUT2D eigenvalue weighted by molar-refractivity contribution is 7.09. The van der Waals surface area contributed by atoms with Crippen LogP contribution >= 0.6 is 11.3 Å². The second-order valence-electron chi connectivity index (χ2n) is 5.97. The lowest BCUT2D eigenvalue weighted by atomic mass is 9.95. The van der Waals surface area contributed by atoms with E-state index in [0.29, 0.717) is 0 Å². The molecule has 1 aromatic rings. The van der Waals surface area contributed by atoms with Crippen molar-refractivity contribution in [2.45, 2.75) is 96.8 Å². The Kier molecular flexibility index (Phi) is 10.9. The van der Waals surface area contributed by atoms with Crippen LogP contribution in [0.25, 0.3) is 0 Å². The highest BCUT2D eigenvalue weighted by Crippen LogP contribution is 2.29. The van der Waals surface area contributed by atoms with E-state index >= 15 is 0 Å². The minimum absolute atomic E-state index is 0.734. The molecule has 0 bridgehead atoms. The van der Waals surface area contributed by atoms with Crippen LogP contribution in [0.1, 0.15) is 102 Å². The van der Waals surface area contributed by atoms with Crippen molar-refractivity contribution in [1.29, 1.82) is 0 Å². The summed E-state index contributed by atoms with van der Waals surface area (Å²) >= 11 is 1.86. The SMILES string of the molecule is CCCCCCCC(CCCCCCC)c1nccs1. The maximum atomic E-state index is 4.57. The van der Waals surface area contributed by atoms with Gasteiger partial charge in [-0.25, -0.2) is 4.98 Å². The van der Waals surface area contributed by atoms with Gasteiger partial charge in [0.25, 0.3) is 0 Å². The Morgan fingerprint density at radius 1 is 0.850 bits per heavy atom. The quantitative estimate of drug-likeness (QED) is 0.359. The number of thiazole rings is 1. The van der Waals surface area contributed by atoms with Crippen LogP contribution in [-0.2, 0) is 0 Å². The minimum atomic E-state index is 0.734. The number of unbranched alkanes of at least 4 members (excludes halogenated alkanes) is 8. The number of nitrogens with zero attached hydrogens (tertiary/aromatic N) is 1. The smallest absolute Gasteiger partial charge is 0.0955 e. The zero-order valence-corrected chi connectivity index (χ0v) is 14.4. The molecule has 1 heterocycles. The lowest BCUT2D eigenvalue weighted by molar-refractivity contribution is 0.489. The van der Waals surface area contributed by atoms with Crippen molar-refractivity contribution in [1.82, 2.24) is 4.98 Å². The summed E-state index contributed by atoms with van der Waals surface area (Å²) in [6, 6.07) is 0. The van der Waals surface area contributed by atoms with Crippen LogP contribution < -0.4 is 0 Å². The summed E-state index contributed by atoms with van der Waals surface area (Å²) in [5.74, 6) is 0.734. The Morgan fingerprint density at radius 2 is 1.40 bits per heavy atom. The van der Waals surface area contributed by atoms with Crippen molar-refractivity contribution in [3.63, 3.8) is 0 Å². The summed E-state index contributed by atoms with van der Waals surface area (Å²) in [5.41, 5.74) is 0. The van der Waals surface area contributed by atoms with Gasteiger partial charge < -0.3 is 0 Å². The Labute approximate surface area is 130 Å². The summed E-state index contributed by atoms with van der Waals surface area (Å²) in [4.78, 5) is 4.57. The second kappa shape index (κ2) is 12.4. The van der Waals surface area contributed by atoms with Crippen LogP contribution in [0.2, 0.25) is 0 Å². The van der Waals surface area contributed by atoms with Gasteiger partial charge in [0, 0.05) is 17.5 Å². The predicted octanol–water partition coefficient (Wildman–Crippen LogP) is 6.95. The average Bonchev–Trinajstić information content (AvgIpc) is 2.98. The largest absolute Gasteiger partial charge is 0.249 e. The van der Waals surface area contributed by atoms with E-state index in [1.165, 1.54) is 82.1 Å². The summed E-state index contributed by atoms with van der Waals surface area (Å²) in [7, 11) is 0. The molecule has 0 amide bonds. The zero-order chi connectivity index (χ0) is 14.5. The maximum Gasteiger partial charge on any atom is 0.0955 e. The first-order chi connectivity index (χ1) is 9.88.